The largest absolute Gasteiger partial charge is 0.320 e. The van der Waals surface area contributed by atoms with Crippen molar-refractivity contribution >= 4 is 11.6 Å². The van der Waals surface area contributed by atoms with Gasteiger partial charge in [0, 0.05) is 12.7 Å². The zero-order chi connectivity index (χ0) is 13.9. The second-order valence-electron chi connectivity index (χ2n) is 5.15. The molecule has 0 bridgehead atoms. The fraction of sp³-hybridized carbons (Fsp3) is 0.533. The van der Waals surface area contributed by atoms with Gasteiger partial charge in [0.05, 0.1) is 6.04 Å². The third kappa shape index (κ3) is 3.33. The predicted molar refractivity (Wildman–Crippen MR) is 76.8 cm³/mol. The highest BCUT2D eigenvalue weighted by atomic mass is 16.2. The van der Waals surface area contributed by atoms with Crippen LogP contribution in [0.5, 0.6) is 0 Å². The normalized spacial score (nSPS) is 14.1. The number of carbonyl (C=O) groups is 1. The lowest BCUT2D eigenvalue weighted by Crippen LogP contribution is -2.45. The van der Waals surface area contributed by atoms with E-state index in [1.807, 2.05) is 32.9 Å². The number of nitrogens with zero attached hydrogens (tertiary/aromatic N) is 1. The molecule has 1 amide bonds. The quantitative estimate of drug-likeness (QED) is 0.890. The molecule has 1 aromatic rings. The fourth-order valence-corrected chi connectivity index (χ4v) is 1.99. The van der Waals surface area contributed by atoms with Gasteiger partial charge in [-0.25, -0.2) is 0 Å². The summed E-state index contributed by atoms with van der Waals surface area (Å²) in [7, 11) is 1.79. The number of rotatable bonds is 4. The molecule has 0 saturated carbocycles. The summed E-state index contributed by atoms with van der Waals surface area (Å²) < 4.78 is 0. The number of aryl methyl sites for hydroxylation is 2. The number of hydrogen-bond donors (Lipinski definition) is 1. The van der Waals surface area contributed by atoms with E-state index in [4.69, 9.17) is 5.73 Å². The predicted octanol–water partition coefficient (Wildman–Crippen LogP) is 2.64. The van der Waals surface area contributed by atoms with Crippen LogP contribution in [0.1, 0.15) is 31.4 Å². The molecule has 2 N–H and O–H groups in total. The van der Waals surface area contributed by atoms with Gasteiger partial charge in [-0.3, -0.25) is 4.79 Å². The first-order valence-electron chi connectivity index (χ1n) is 6.48. The molecule has 0 fully saturated rings. The van der Waals surface area contributed by atoms with Crippen LogP contribution in [0.3, 0.4) is 0 Å². The van der Waals surface area contributed by atoms with Gasteiger partial charge in [-0.2, -0.15) is 0 Å². The molecular weight excluding hydrogens is 224 g/mol. The molecule has 0 spiro atoms. The highest BCUT2D eigenvalue weighted by Gasteiger charge is 2.23. The van der Waals surface area contributed by atoms with Crippen molar-refractivity contribution in [1.29, 1.82) is 0 Å². The Bertz CT molecular complexity index is 408. The average Bonchev–Trinajstić information content (AvgIpc) is 2.33. The maximum absolute atomic E-state index is 12.3. The number of likely N-dealkylation sites (N-methyl/N-ethyl adjacent to an activating group) is 1. The van der Waals surface area contributed by atoms with E-state index in [-0.39, 0.29) is 11.8 Å². The van der Waals surface area contributed by atoms with Crippen LogP contribution in [-0.2, 0) is 4.79 Å². The van der Waals surface area contributed by atoms with Crippen molar-refractivity contribution in [3.8, 4) is 0 Å². The zero-order valence-electron chi connectivity index (χ0n) is 12.0. The summed E-state index contributed by atoms with van der Waals surface area (Å²) in [6.07, 6.45) is 0.910. The maximum Gasteiger partial charge on any atom is 0.243 e. The SMILES string of the molecule is CCC(C)[C@H](N)C(=O)N(C)c1cc(C)cc(C)c1. The van der Waals surface area contributed by atoms with Gasteiger partial charge >= 0.3 is 0 Å². The van der Waals surface area contributed by atoms with Crippen molar-refractivity contribution in [3.63, 3.8) is 0 Å². The molecule has 0 saturated heterocycles. The molecule has 0 heterocycles. The minimum Gasteiger partial charge on any atom is -0.320 e. The van der Waals surface area contributed by atoms with Crippen LogP contribution in [-0.4, -0.2) is 19.0 Å². The number of nitrogens with two attached hydrogens (primary N) is 1. The summed E-state index contributed by atoms with van der Waals surface area (Å²) in [5, 5.41) is 0. The summed E-state index contributed by atoms with van der Waals surface area (Å²) in [4.78, 5) is 13.9. The minimum absolute atomic E-state index is 0.0191. The van der Waals surface area contributed by atoms with Gasteiger partial charge in [-0.15, -0.1) is 0 Å². The summed E-state index contributed by atoms with van der Waals surface area (Å²) >= 11 is 0. The van der Waals surface area contributed by atoms with Crippen molar-refractivity contribution in [1.82, 2.24) is 0 Å². The topological polar surface area (TPSA) is 46.3 Å². The van der Waals surface area contributed by atoms with Crippen LogP contribution in [0.4, 0.5) is 5.69 Å². The summed E-state index contributed by atoms with van der Waals surface area (Å²) in [5.74, 6) is 0.181. The van der Waals surface area contributed by atoms with Crippen LogP contribution in [0.25, 0.3) is 0 Å². The molecule has 0 aliphatic heterocycles. The maximum atomic E-state index is 12.3. The molecule has 0 radical (unpaired) electrons. The molecule has 2 atom stereocenters. The van der Waals surface area contributed by atoms with Gasteiger partial charge < -0.3 is 10.6 Å². The lowest BCUT2D eigenvalue weighted by Gasteiger charge is -2.25. The van der Waals surface area contributed by atoms with E-state index in [9.17, 15) is 4.79 Å². The third-order valence-electron chi connectivity index (χ3n) is 3.47. The summed E-state index contributed by atoms with van der Waals surface area (Å²) in [5.41, 5.74) is 9.22. The molecule has 100 valence electrons. The van der Waals surface area contributed by atoms with E-state index in [0.29, 0.717) is 0 Å². The molecular formula is C15H24N2O. The van der Waals surface area contributed by atoms with Gasteiger partial charge in [-0.1, -0.05) is 26.3 Å². The first-order valence-corrected chi connectivity index (χ1v) is 6.48. The zero-order valence-corrected chi connectivity index (χ0v) is 12.0. The van der Waals surface area contributed by atoms with Gasteiger partial charge in [0.1, 0.15) is 0 Å². The minimum atomic E-state index is -0.430. The Balaban J connectivity index is 2.92. The molecule has 18 heavy (non-hydrogen) atoms. The smallest absolute Gasteiger partial charge is 0.243 e. The Kier molecular flexibility index (Phi) is 4.91. The van der Waals surface area contributed by atoms with Crippen LogP contribution < -0.4 is 10.6 Å². The van der Waals surface area contributed by atoms with Crippen LogP contribution >= 0.6 is 0 Å². The number of hydrogen-bond acceptors (Lipinski definition) is 2. The van der Waals surface area contributed by atoms with Crippen molar-refractivity contribution in [2.24, 2.45) is 11.7 Å². The van der Waals surface area contributed by atoms with Crippen LogP contribution in [0, 0.1) is 19.8 Å². The van der Waals surface area contributed by atoms with Crippen molar-refractivity contribution in [2.45, 2.75) is 40.2 Å². The Hall–Kier alpha value is -1.35. The van der Waals surface area contributed by atoms with Gasteiger partial charge in [-0.05, 0) is 43.0 Å². The van der Waals surface area contributed by atoms with Gasteiger partial charge in [0.2, 0.25) is 5.91 Å². The fourth-order valence-electron chi connectivity index (χ4n) is 1.99. The summed E-state index contributed by atoms with van der Waals surface area (Å²) in [6.45, 7) is 8.12. The Morgan fingerprint density at radius 1 is 1.28 bits per heavy atom. The lowest BCUT2D eigenvalue weighted by atomic mass is 9.98. The van der Waals surface area contributed by atoms with Crippen LogP contribution in [0.2, 0.25) is 0 Å². The standard InChI is InChI=1S/C15H24N2O/c1-6-12(4)14(16)15(18)17(5)13-8-10(2)7-11(3)9-13/h7-9,12,14H,6,16H2,1-5H3/t12?,14-/m0/s1. The summed E-state index contributed by atoms with van der Waals surface area (Å²) in [6, 6.07) is 5.68. The average molecular weight is 248 g/mol. The Labute approximate surface area is 110 Å². The molecule has 3 nitrogen and oxygen atoms in total. The second kappa shape index (κ2) is 6.01. The lowest BCUT2D eigenvalue weighted by molar-refractivity contribution is -0.120. The van der Waals surface area contributed by atoms with Crippen molar-refractivity contribution in [2.75, 3.05) is 11.9 Å². The molecule has 1 rings (SSSR count). The highest BCUT2D eigenvalue weighted by Crippen LogP contribution is 2.19. The first kappa shape index (κ1) is 14.7. The van der Waals surface area contributed by atoms with E-state index in [2.05, 4.69) is 13.0 Å². The highest BCUT2D eigenvalue weighted by molar-refractivity contribution is 5.96. The number of anilines is 1. The van der Waals surface area contributed by atoms with Crippen LogP contribution in [0.15, 0.2) is 18.2 Å². The molecule has 0 aliphatic rings. The molecule has 0 aliphatic carbocycles. The van der Waals surface area contributed by atoms with Gasteiger partial charge in [0.25, 0.3) is 0 Å². The molecule has 1 aromatic carbocycles. The van der Waals surface area contributed by atoms with E-state index in [1.165, 1.54) is 0 Å². The Morgan fingerprint density at radius 3 is 2.22 bits per heavy atom. The molecule has 0 aromatic heterocycles. The van der Waals surface area contributed by atoms with E-state index < -0.39 is 6.04 Å². The van der Waals surface area contributed by atoms with E-state index in [0.717, 1.165) is 23.2 Å². The number of amides is 1. The van der Waals surface area contributed by atoms with Crippen molar-refractivity contribution in [3.05, 3.63) is 29.3 Å². The second-order valence-corrected chi connectivity index (χ2v) is 5.15. The third-order valence-corrected chi connectivity index (χ3v) is 3.47. The number of benzene rings is 1. The van der Waals surface area contributed by atoms with E-state index >= 15 is 0 Å². The van der Waals surface area contributed by atoms with Crippen molar-refractivity contribution < 1.29 is 4.79 Å². The van der Waals surface area contributed by atoms with Gasteiger partial charge in [0.15, 0.2) is 0 Å². The van der Waals surface area contributed by atoms with E-state index in [1.54, 1.807) is 11.9 Å². The molecule has 3 heteroatoms. The first-order chi connectivity index (χ1) is 8.36. The Morgan fingerprint density at radius 2 is 1.78 bits per heavy atom. The molecule has 1 unspecified atom stereocenters. The number of carbonyl (C=O) groups excluding carboxylic acids is 1. The monoisotopic (exact) mass is 248 g/mol.